The van der Waals surface area contributed by atoms with E-state index in [1.54, 1.807) is 0 Å². The van der Waals surface area contributed by atoms with E-state index in [4.69, 9.17) is 4.74 Å². The summed E-state index contributed by atoms with van der Waals surface area (Å²) in [6.45, 7) is 1.31. The fourth-order valence-electron chi connectivity index (χ4n) is 4.28. The zero-order valence-electron chi connectivity index (χ0n) is 16.8. The quantitative estimate of drug-likeness (QED) is 0.567. The lowest BCUT2D eigenvalue weighted by Crippen LogP contribution is -2.61. The van der Waals surface area contributed by atoms with Gasteiger partial charge in [-0.25, -0.2) is 0 Å². The van der Waals surface area contributed by atoms with Gasteiger partial charge in [-0.15, -0.1) is 0 Å². The lowest BCUT2D eigenvalue weighted by atomic mass is 9.72. The minimum absolute atomic E-state index is 0.157. The molecule has 0 amide bonds. The molecule has 1 radical (unpaired) electrons. The molecule has 1 fully saturated rings. The third kappa shape index (κ3) is 4.18. The first-order valence-electron chi connectivity index (χ1n) is 10.2. The smallest absolute Gasteiger partial charge is 0.129 e. The van der Waals surface area contributed by atoms with Crippen molar-refractivity contribution in [2.75, 3.05) is 0 Å². The van der Waals surface area contributed by atoms with Crippen LogP contribution in [0.5, 0.6) is 0 Å². The van der Waals surface area contributed by atoms with Gasteiger partial charge in [-0.05, 0) is 16.7 Å². The second-order valence-electron chi connectivity index (χ2n) is 8.10. The van der Waals surface area contributed by atoms with Crippen molar-refractivity contribution in [1.29, 1.82) is 0 Å². The largest absolute Gasteiger partial charge is 0.390 e. The minimum atomic E-state index is -1.70. The average Bonchev–Trinajstić information content (AvgIpc) is 3.00. The van der Waals surface area contributed by atoms with Crippen LogP contribution in [-0.4, -0.2) is 38.7 Å². The van der Waals surface area contributed by atoms with Crippen LogP contribution in [0.15, 0.2) is 91.0 Å². The Bertz CT molecular complexity index is 931. The van der Waals surface area contributed by atoms with E-state index >= 15 is 0 Å². The molecule has 3 N–H and O–H groups in total. The van der Waals surface area contributed by atoms with Crippen molar-refractivity contribution in [1.82, 2.24) is 0 Å². The third-order valence-corrected chi connectivity index (χ3v) is 5.90. The van der Waals surface area contributed by atoms with Crippen LogP contribution in [0.1, 0.15) is 16.7 Å². The fourth-order valence-corrected chi connectivity index (χ4v) is 4.28. The summed E-state index contributed by atoms with van der Waals surface area (Å²) in [5.41, 5.74) is -0.661. The predicted octanol–water partition coefficient (Wildman–Crippen LogP) is 3.10. The molecule has 1 saturated heterocycles. The van der Waals surface area contributed by atoms with Crippen molar-refractivity contribution in [2.45, 2.75) is 42.7 Å². The van der Waals surface area contributed by atoms with Crippen molar-refractivity contribution < 1.29 is 20.1 Å². The maximum Gasteiger partial charge on any atom is 0.129 e. The molecule has 1 unspecified atom stereocenters. The van der Waals surface area contributed by atoms with Gasteiger partial charge in [-0.1, -0.05) is 91.0 Å². The van der Waals surface area contributed by atoms with Crippen molar-refractivity contribution in [2.24, 2.45) is 0 Å². The average molecular weight is 403 g/mol. The van der Waals surface area contributed by atoms with Crippen LogP contribution in [0.25, 0.3) is 0 Å². The zero-order valence-corrected chi connectivity index (χ0v) is 16.8. The minimum Gasteiger partial charge on any atom is -0.390 e. The molecule has 4 nitrogen and oxygen atoms in total. The summed E-state index contributed by atoms with van der Waals surface area (Å²) < 4.78 is 5.79. The molecule has 30 heavy (non-hydrogen) atoms. The molecule has 0 spiro atoms. The van der Waals surface area contributed by atoms with Gasteiger partial charge in [0.25, 0.3) is 0 Å². The first-order chi connectivity index (χ1) is 14.5. The Morgan fingerprint density at radius 3 is 1.70 bits per heavy atom. The molecular formula is C26H27O4. The van der Waals surface area contributed by atoms with E-state index < -0.39 is 23.4 Å². The van der Waals surface area contributed by atoms with Gasteiger partial charge in [0.2, 0.25) is 0 Å². The van der Waals surface area contributed by atoms with Crippen LogP contribution in [-0.2, 0) is 24.0 Å². The summed E-state index contributed by atoms with van der Waals surface area (Å²) in [6.07, 6.45) is -1.29. The molecule has 1 aliphatic heterocycles. The van der Waals surface area contributed by atoms with E-state index in [1.165, 1.54) is 6.61 Å². The number of aliphatic hydroxyl groups is 3. The molecule has 3 aromatic rings. The molecule has 4 heteroatoms. The fraction of sp³-hybridized carbons (Fsp3) is 0.269. The number of ether oxygens (including phenoxy) is 1. The Morgan fingerprint density at radius 2 is 1.17 bits per heavy atom. The van der Waals surface area contributed by atoms with Crippen LogP contribution in [0.4, 0.5) is 0 Å². The number of hydrogen-bond donors (Lipinski definition) is 3. The number of rotatable bonds is 7. The highest BCUT2D eigenvalue weighted by molar-refractivity contribution is 5.29. The highest BCUT2D eigenvalue weighted by Crippen LogP contribution is 2.44. The molecule has 0 aromatic heterocycles. The standard InChI is InChI=1S/C26H27O4/c27-23(16-20-10-4-1-5-11-20)24-26(29,18-22-14-8-3-9-15-22)25(28,19-30-24)17-21-12-6-2-7-13-21/h1-15,19,23-24,27-29H,16-18H2/t23?,24-,25+,26-/m1/s1. The van der Waals surface area contributed by atoms with E-state index in [2.05, 4.69) is 0 Å². The van der Waals surface area contributed by atoms with Gasteiger partial charge in [-0.3, -0.25) is 0 Å². The van der Waals surface area contributed by atoms with Gasteiger partial charge in [0, 0.05) is 19.3 Å². The highest BCUT2D eigenvalue weighted by atomic mass is 16.6. The third-order valence-electron chi connectivity index (χ3n) is 5.90. The highest BCUT2D eigenvalue weighted by Gasteiger charge is 2.62. The summed E-state index contributed by atoms with van der Waals surface area (Å²) in [4.78, 5) is 0. The molecule has 155 valence electrons. The Hall–Kier alpha value is -2.50. The van der Waals surface area contributed by atoms with Gasteiger partial charge in [-0.2, -0.15) is 0 Å². The molecule has 3 aromatic carbocycles. The lowest BCUT2D eigenvalue weighted by Gasteiger charge is -2.41. The van der Waals surface area contributed by atoms with E-state index in [9.17, 15) is 15.3 Å². The first-order valence-corrected chi connectivity index (χ1v) is 10.2. The summed E-state index contributed by atoms with van der Waals surface area (Å²) in [5, 5.41) is 34.4. The number of benzene rings is 3. The summed E-state index contributed by atoms with van der Waals surface area (Å²) in [6, 6.07) is 28.6. The van der Waals surface area contributed by atoms with Gasteiger partial charge < -0.3 is 20.1 Å². The Kier molecular flexibility index (Phi) is 6.02. The van der Waals surface area contributed by atoms with Gasteiger partial charge in [0.15, 0.2) is 0 Å². The molecule has 0 saturated carbocycles. The van der Waals surface area contributed by atoms with Crippen LogP contribution in [0.2, 0.25) is 0 Å². The van der Waals surface area contributed by atoms with Gasteiger partial charge in [0.05, 0.1) is 6.10 Å². The summed E-state index contributed by atoms with van der Waals surface area (Å²) in [5.74, 6) is 0. The summed E-state index contributed by atoms with van der Waals surface area (Å²) >= 11 is 0. The molecule has 4 atom stereocenters. The zero-order chi connectivity index (χ0) is 21.0. The Labute approximate surface area is 177 Å². The topological polar surface area (TPSA) is 69.9 Å². The molecule has 1 aliphatic rings. The summed E-state index contributed by atoms with van der Waals surface area (Å²) in [7, 11) is 0. The van der Waals surface area contributed by atoms with Crippen LogP contribution < -0.4 is 0 Å². The Balaban J connectivity index is 1.65. The van der Waals surface area contributed by atoms with E-state index in [-0.39, 0.29) is 12.8 Å². The molecule has 1 heterocycles. The van der Waals surface area contributed by atoms with E-state index in [1.807, 2.05) is 91.0 Å². The second kappa shape index (κ2) is 8.70. The van der Waals surface area contributed by atoms with Crippen LogP contribution in [0.3, 0.4) is 0 Å². The molecule has 0 bridgehead atoms. The SMILES string of the molecule is OC(Cc1ccccc1)[C@H]1O[CH][C@@](O)(Cc2ccccc2)[C@@]1(O)Cc1ccccc1. The van der Waals surface area contributed by atoms with Crippen LogP contribution >= 0.6 is 0 Å². The maximum atomic E-state index is 11.9. The van der Waals surface area contributed by atoms with Crippen LogP contribution in [0, 0.1) is 6.61 Å². The van der Waals surface area contributed by atoms with Crippen molar-refractivity contribution in [3.8, 4) is 0 Å². The van der Waals surface area contributed by atoms with Gasteiger partial charge in [0.1, 0.15) is 23.9 Å². The monoisotopic (exact) mass is 403 g/mol. The predicted molar refractivity (Wildman–Crippen MR) is 116 cm³/mol. The van der Waals surface area contributed by atoms with E-state index in [0.29, 0.717) is 6.42 Å². The van der Waals surface area contributed by atoms with Gasteiger partial charge >= 0.3 is 0 Å². The normalized spacial score (nSPS) is 27.1. The number of hydrogen-bond acceptors (Lipinski definition) is 4. The van der Waals surface area contributed by atoms with Crippen molar-refractivity contribution in [3.63, 3.8) is 0 Å². The Morgan fingerprint density at radius 1 is 0.700 bits per heavy atom. The lowest BCUT2D eigenvalue weighted by molar-refractivity contribution is -0.152. The first kappa shape index (κ1) is 20.8. The van der Waals surface area contributed by atoms with Crippen molar-refractivity contribution >= 4 is 0 Å². The molecular weight excluding hydrogens is 376 g/mol. The molecule has 0 aliphatic carbocycles. The second-order valence-corrected chi connectivity index (χ2v) is 8.10. The van der Waals surface area contributed by atoms with E-state index in [0.717, 1.165) is 16.7 Å². The van der Waals surface area contributed by atoms with Crippen molar-refractivity contribution in [3.05, 3.63) is 114 Å². The maximum absolute atomic E-state index is 11.9. The number of aliphatic hydroxyl groups excluding tert-OH is 1. The molecule has 4 rings (SSSR count).